The number of urea groups is 1. The molecule has 0 atom stereocenters. The van der Waals surface area contributed by atoms with E-state index in [0.717, 1.165) is 5.69 Å². The van der Waals surface area contributed by atoms with Gasteiger partial charge in [0, 0.05) is 31.0 Å². The molecule has 0 aromatic heterocycles. The fraction of sp³-hybridized carbons (Fsp3) is 0.350. The molecule has 4 nitrogen and oxygen atoms in total. The molecule has 1 fully saturated rings. The van der Waals surface area contributed by atoms with E-state index in [2.05, 4.69) is 10.2 Å². The molecule has 1 aliphatic rings. The maximum atomic E-state index is 13.0. The topological polar surface area (TPSA) is 35.6 Å². The van der Waals surface area contributed by atoms with Gasteiger partial charge in [-0.15, -0.1) is 0 Å². The van der Waals surface area contributed by atoms with Gasteiger partial charge >= 0.3 is 18.4 Å². The standard InChI is InChI=1S/C20H19F6N3O/c1-2-29(16-6-4-3-5-7-16)17-11-28(12-17)18(30)27-15-9-13(19(21,22)23)8-14(10-15)20(24,25)26/h3-10,17H,2,11-12H2,1H3,(H,27,30). The van der Waals surface area contributed by atoms with E-state index in [1.54, 1.807) is 0 Å². The first-order valence-corrected chi connectivity index (χ1v) is 9.16. The van der Waals surface area contributed by atoms with E-state index in [1.165, 1.54) is 4.90 Å². The van der Waals surface area contributed by atoms with Crippen LogP contribution in [0.1, 0.15) is 18.1 Å². The fourth-order valence-electron chi connectivity index (χ4n) is 3.32. The van der Waals surface area contributed by atoms with Crippen molar-refractivity contribution in [2.75, 3.05) is 29.9 Å². The van der Waals surface area contributed by atoms with Gasteiger partial charge in [-0.1, -0.05) is 18.2 Å². The average molecular weight is 431 g/mol. The first kappa shape index (κ1) is 21.8. The molecule has 10 heteroatoms. The fourth-order valence-corrected chi connectivity index (χ4v) is 3.32. The molecule has 0 radical (unpaired) electrons. The highest BCUT2D eigenvalue weighted by atomic mass is 19.4. The van der Waals surface area contributed by atoms with E-state index >= 15 is 0 Å². The van der Waals surface area contributed by atoms with Gasteiger partial charge in [-0.3, -0.25) is 0 Å². The van der Waals surface area contributed by atoms with E-state index in [1.807, 2.05) is 37.3 Å². The van der Waals surface area contributed by atoms with Gasteiger partial charge in [-0.25, -0.2) is 4.79 Å². The summed E-state index contributed by atoms with van der Waals surface area (Å²) in [5.41, 5.74) is -2.54. The summed E-state index contributed by atoms with van der Waals surface area (Å²) in [6.45, 7) is 3.25. The summed E-state index contributed by atoms with van der Waals surface area (Å²) in [7, 11) is 0. The Bertz CT molecular complexity index is 859. The second-order valence-electron chi connectivity index (χ2n) is 6.91. The minimum atomic E-state index is -4.97. The molecular formula is C20H19F6N3O. The van der Waals surface area contributed by atoms with E-state index in [-0.39, 0.29) is 12.1 Å². The summed E-state index contributed by atoms with van der Waals surface area (Å²) in [5, 5.41) is 2.15. The van der Waals surface area contributed by atoms with Crippen molar-refractivity contribution in [3.8, 4) is 0 Å². The predicted octanol–water partition coefficient (Wildman–Crippen LogP) is 5.47. The highest BCUT2D eigenvalue weighted by Crippen LogP contribution is 2.37. The zero-order valence-electron chi connectivity index (χ0n) is 15.9. The number of carbonyl (C=O) groups is 1. The zero-order chi connectivity index (χ0) is 22.1. The normalized spacial score (nSPS) is 15.0. The number of nitrogens with zero attached hydrogens (tertiary/aromatic N) is 2. The number of nitrogens with one attached hydrogen (secondary N) is 1. The molecule has 1 saturated heterocycles. The van der Waals surface area contributed by atoms with E-state index in [9.17, 15) is 31.1 Å². The number of rotatable bonds is 4. The molecule has 1 aliphatic heterocycles. The Labute approximate surface area is 169 Å². The molecule has 1 N–H and O–H groups in total. The third kappa shape index (κ3) is 4.80. The van der Waals surface area contributed by atoms with Crippen molar-refractivity contribution in [3.05, 3.63) is 59.7 Å². The van der Waals surface area contributed by atoms with Crippen LogP contribution in [-0.2, 0) is 12.4 Å². The minimum absolute atomic E-state index is 0.00963. The average Bonchev–Trinajstić information content (AvgIpc) is 2.63. The molecule has 3 rings (SSSR count). The number of hydrogen-bond donors (Lipinski definition) is 1. The van der Waals surface area contributed by atoms with Crippen molar-refractivity contribution in [1.82, 2.24) is 4.90 Å². The molecule has 2 aromatic rings. The van der Waals surface area contributed by atoms with Crippen LogP contribution in [0.5, 0.6) is 0 Å². The smallest absolute Gasteiger partial charge is 0.365 e. The maximum Gasteiger partial charge on any atom is 0.416 e. The maximum absolute atomic E-state index is 13.0. The molecule has 30 heavy (non-hydrogen) atoms. The lowest BCUT2D eigenvalue weighted by atomic mass is 10.1. The molecule has 1 heterocycles. The van der Waals surface area contributed by atoms with Gasteiger partial charge in [0.05, 0.1) is 17.2 Å². The second kappa shape index (κ2) is 8.08. The summed E-state index contributed by atoms with van der Waals surface area (Å²) in [4.78, 5) is 15.8. The van der Waals surface area contributed by atoms with Crippen molar-refractivity contribution in [1.29, 1.82) is 0 Å². The molecule has 0 saturated carbocycles. The predicted molar refractivity (Wildman–Crippen MR) is 100 cm³/mol. The van der Waals surface area contributed by atoms with Gasteiger partial charge in [0.25, 0.3) is 0 Å². The van der Waals surface area contributed by atoms with Crippen LogP contribution >= 0.6 is 0 Å². The van der Waals surface area contributed by atoms with Crippen molar-refractivity contribution < 1.29 is 31.1 Å². The molecule has 0 unspecified atom stereocenters. The monoisotopic (exact) mass is 431 g/mol. The Hall–Kier alpha value is -2.91. The van der Waals surface area contributed by atoms with Crippen LogP contribution < -0.4 is 10.2 Å². The number of anilines is 2. The van der Waals surface area contributed by atoms with Gasteiger partial charge in [0.1, 0.15) is 0 Å². The molecule has 2 amide bonds. The Balaban J connectivity index is 1.70. The summed E-state index contributed by atoms with van der Waals surface area (Å²) < 4.78 is 77.7. The third-order valence-electron chi connectivity index (χ3n) is 4.86. The number of alkyl halides is 6. The number of amides is 2. The molecule has 2 aromatic carbocycles. The quantitative estimate of drug-likeness (QED) is 0.652. The van der Waals surface area contributed by atoms with Gasteiger partial charge in [0.15, 0.2) is 0 Å². The highest BCUT2D eigenvalue weighted by Gasteiger charge is 2.38. The lowest BCUT2D eigenvalue weighted by Crippen LogP contribution is -2.62. The Morgan fingerprint density at radius 2 is 1.53 bits per heavy atom. The molecule has 0 spiro atoms. The van der Waals surface area contributed by atoms with E-state index in [0.29, 0.717) is 31.8 Å². The number of likely N-dealkylation sites (N-methyl/N-ethyl adjacent to an activating group) is 1. The Morgan fingerprint density at radius 1 is 1.00 bits per heavy atom. The largest absolute Gasteiger partial charge is 0.416 e. The van der Waals surface area contributed by atoms with E-state index < -0.39 is 35.2 Å². The second-order valence-corrected chi connectivity index (χ2v) is 6.91. The SMILES string of the molecule is CCN(c1ccccc1)C1CN(C(=O)Nc2cc(C(F)(F)F)cc(C(F)(F)F)c2)C1. The van der Waals surface area contributed by atoms with Crippen molar-refractivity contribution in [2.45, 2.75) is 25.3 Å². The molecule has 0 aliphatic carbocycles. The van der Waals surface area contributed by atoms with Crippen LogP contribution in [0.4, 0.5) is 42.5 Å². The number of carbonyl (C=O) groups excluding carboxylic acids is 1. The van der Waals surface area contributed by atoms with Gasteiger partial charge in [-0.2, -0.15) is 26.3 Å². The summed E-state index contributed by atoms with van der Waals surface area (Å²) in [6, 6.07) is 9.76. The van der Waals surface area contributed by atoms with Gasteiger partial charge in [-0.05, 0) is 37.3 Å². The number of hydrogen-bond acceptors (Lipinski definition) is 2. The van der Waals surface area contributed by atoms with Crippen LogP contribution in [0.25, 0.3) is 0 Å². The third-order valence-corrected chi connectivity index (χ3v) is 4.86. The Morgan fingerprint density at radius 3 is 2.00 bits per heavy atom. The molecule has 162 valence electrons. The number of para-hydroxylation sites is 1. The minimum Gasteiger partial charge on any atom is -0.365 e. The summed E-state index contributed by atoms with van der Waals surface area (Å²) in [5.74, 6) is 0. The number of halogens is 6. The first-order chi connectivity index (χ1) is 14.0. The number of benzene rings is 2. The van der Waals surface area contributed by atoms with Gasteiger partial charge in [0.2, 0.25) is 0 Å². The summed E-state index contributed by atoms with van der Waals surface area (Å²) in [6.07, 6.45) is -9.94. The van der Waals surface area contributed by atoms with Gasteiger partial charge < -0.3 is 15.1 Å². The van der Waals surface area contributed by atoms with E-state index in [4.69, 9.17) is 0 Å². The van der Waals surface area contributed by atoms with Crippen LogP contribution in [0.15, 0.2) is 48.5 Å². The van der Waals surface area contributed by atoms with Crippen LogP contribution in [0, 0.1) is 0 Å². The van der Waals surface area contributed by atoms with Crippen molar-refractivity contribution in [2.24, 2.45) is 0 Å². The molecule has 0 bridgehead atoms. The Kier molecular flexibility index (Phi) is 5.87. The number of likely N-dealkylation sites (tertiary alicyclic amines) is 1. The summed E-state index contributed by atoms with van der Waals surface area (Å²) >= 11 is 0. The van der Waals surface area contributed by atoms with Crippen molar-refractivity contribution in [3.63, 3.8) is 0 Å². The molecular weight excluding hydrogens is 412 g/mol. The van der Waals surface area contributed by atoms with Crippen LogP contribution in [0.3, 0.4) is 0 Å². The van der Waals surface area contributed by atoms with Crippen LogP contribution in [-0.4, -0.2) is 36.6 Å². The lowest BCUT2D eigenvalue weighted by molar-refractivity contribution is -0.143. The van der Waals surface area contributed by atoms with Crippen molar-refractivity contribution >= 4 is 17.4 Å². The lowest BCUT2D eigenvalue weighted by Gasteiger charge is -2.46. The first-order valence-electron chi connectivity index (χ1n) is 9.16. The highest BCUT2D eigenvalue weighted by molar-refractivity contribution is 5.90. The van der Waals surface area contributed by atoms with Crippen LogP contribution in [0.2, 0.25) is 0 Å². The zero-order valence-corrected chi connectivity index (χ0v) is 15.9.